The highest BCUT2D eigenvalue weighted by Gasteiger charge is 2.16. The molecule has 0 bridgehead atoms. The molecule has 1 aromatic heterocycles. The van der Waals surface area contributed by atoms with E-state index in [1.165, 1.54) is 17.8 Å². The number of nitrogens with zero attached hydrogens (tertiary/aromatic N) is 3. The first-order chi connectivity index (χ1) is 13.0. The Morgan fingerprint density at radius 2 is 1.85 bits per heavy atom. The van der Waals surface area contributed by atoms with Crippen molar-refractivity contribution in [3.63, 3.8) is 0 Å². The van der Waals surface area contributed by atoms with Crippen molar-refractivity contribution in [2.24, 2.45) is 0 Å². The van der Waals surface area contributed by atoms with Crippen molar-refractivity contribution < 1.29 is 18.3 Å². The second kappa shape index (κ2) is 8.30. The zero-order valence-electron chi connectivity index (χ0n) is 14.8. The van der Waals surface area contributed by atoms with Crippen LogP contribution in [0.5, 0.6) is 5.75 Å². The van der Waals surface area contributed by atoms with E-state index in [0.29, 0.717) is 17.5 Å². The molecule has 0 saturated heterocycles. The van der Waals surface area contributed by atoms with Crippen molar-refractivity contribution in [3.8, 4) is 17.1 Å². The maximum atomic E-state index is 13.3. The summed E-state index contributed by atoms with van der Waals surface area (Å²) in [5, 5.41) is 8.96. The van der Waals surface area contributed by atoms with Crippen molar-refractivity contribution in [1.82, 2.24) is 14.8 Å². The van der Waals surface area contributed by atoms with Crippen LogP contribution in [0, 0.1) is 11.6 Å². The Balaban J connectivity index is 1.76. The Hall–Kier alpha value is -2.74. The summed E-state index contributed by atoms with van der Waals surface area (Å²) in [4.78, 5) is 12.2. The molecular weight excluding hydrogens is 372 g/mol. The van der Waals surface area contributed by atoms with Crippen molar-refractivity contribution in [3.05, 3.63) is 59.7 Å². The molecule has 1 heterocycles. The summed E-state index contributed by atoms with van der Waals surface area (Å²) in [5.74, 6) is -0.851. The van der Waals surface area contributed by atoms with Crippen molar-refractivity contribution in [2.75, 3.05) is 12.9 Å². The van der Waals surface area contributed by atoms with Gasteiger partial charge in [0, 0.05) is 17.7 Å². The van der Waals surface area contributed by atoms with Gasteiger partial charge < -0.3 is 9.30 Å². The third-order valence-corrected chi connectivity index (χ3v) is 4.92. The third-order valence-electron chi connectivity index (χ3n) is 3.96. The summed E-state index contributed by atoms with van der Waals surface area (Å²) in [7, 11) is 1.60. The minimum atomic E-state index is -1.04. The fourth-order valence-corrected chi connectivity index (χ4v) is 3.41. The Morgan fingerprint density at radius 3 is 2.48 bits per heavy atom. The molecule has 5 nitrogen and oxygen atoms in total. The highest BCUT2D eigenvalue weighted by atomic mass is 32.2. The van der Waals surface area contributed by atoms with Gasteiger partial charge in [0.25, 0.3) is 0 Å². The number of methoxy groups -OCH3 is 1. The molecular formula is C19H17F2N3O2S. The Labute approximate surface area is 159 Å². The lowest BCUT2D eigenvalue weighted by Gasteiger charge is -2.08. The van der Waals surface area contributed by atoms with E-state index in [1.54, 1.807) is 7.11 Å². The van der Waals surface area contributed by atoms with Gasteiger partial charge in [-0.15, -0.1) is 10.2 Å². The van der Waals surface area contributed by atoms with E-state index in [9.17, 15) is 13.6 Å². The smallest absolute Gasteiger partial charge is 0.191 e. The van der Waals surface area contributed by atoms with Gasteiger partial charge in [-0.05, 0) is 49.4 Å². The number of Topliss-reactive ketones (excluding diaryl/α,β-unsaturated/α-hetero) is 1. The largest absolute Gasteiger partial charge is 0.497 e. The Kier molecular flexibility index (Phi) is 5.85. The molecule has 0 amide bonds. The Morgan fingerprint density at radius 1 is 1.11 bits per heavy atom. The highest BCUT2D eigenvalue weighted by Crippen LogP contribution is 2.26. The maximum absolute atomic E-state index is 13.3. The van der Waals surface area contributed by atoms with Gasteiger partial charge >= 0.3 is 0 Å². The van der Waals surface area contributed by atoms with Crippen LogP contribution in [0.15, 0.2) is 47.6 Å². The molecule has 0 unspecified atom stereocenters. The molecule has 8 heteroatoms. The van der Waals surface area contributed by atoms with Crippen molar-refractivity contribution in [2.45, 2.75) is 18.6 Å². The molecule has 0 fully saturated rings. The van der Waals surface area contributed by atoms with Gasteiger partial charge in [-0.2, -0.15) is 0 Å². The normalized spacial score (nSPS) is 10.8. The number of rotatable bonds is 7. The number of ketones is 1. The summed E-state index contributed by atoms with van der Waals surface area (Å²) in [5.41, 5.74) is 1.00. The van der Waals surface area contributed by atoms with Crippen LogP contribution < -0.4 is 4.74 Å². The second-order valence-corrected chi connectivity index (χ2v) is 6.56. The van der Waals surface area contributed by atoms with E-state index < -0.39 is 11.6 Å². The highest BCUT2D eigenvalue weighted by molar-refractivity contribution is 7.99. The maximum Gasteiger partial charge on any atom is 0.191 e. The van der Waals surface area contributed by atoms with Crippen molar-refractivity contribution in [1.29, 1.82) is 0 Å². The average Bonchev–Trinajstić information content (AvgIpc) is 3.11. The molecule has 27 heavy (non-hydrogen) atoms. The lowest BCUT2D eigenvalue weighted by molar-refractivity contribution is 0.102. The molecule has 140 valence electrons. The van der Waals surface area contributed by atoms with E-state index in [4.69, 9.17) is 4.74 Å². The molecule has 0 atom stereocenters. The van der Waals surface area contributed by atoms with E-state index >= 15 is 0 Å². The number of hydrogen-bond donors (Lipinski definition) is 0. The summed E-state index contributed by atoms with van der Waals surface area (Å²) in [6, 6.07) is 10.6. The number of aromatic nitrogens is 3. The number of hydrogen-bond acceptors (Lipinski definition) is 5. The lowest BCUT2D eigenvalue weighted by Crippen LogP contribution is -2.06. The lowest BCUT2D eigenvalue weighted by atomic mass is 10.1. The Bertz CT molecular complexity index is 958. The van der Waals surface area contributed by atoms with Gasteiger partial charge in [0.15, 0.2) is 28.4 Å². The number of thioether (sulfide) groups is 1. The van der Waals surface area contributed by atoms with Gasteiger partial charge in [0.05, 0.1) is 12.9 Å². The van der Waals surface area contributed by atoms with Crippen LogP contribution in [0.25, 0.3) is 11.4 Å². The first-order valence-electron chi connectivity index (χ1n) is 8.22. The van der Waals surface area contributed by atoms with E-state index in [0.717, 1.165) is 23.4 Å². The molecule has 0 N–H and O–H groups in total. The van der Waals surface area contributed by atoms with Crippen LogP contribution in [0.2, 0.25) is 0 Å². The van der Waals surface area contributed by atoms with Crippen LogP contribution in [-0.2, 0) is 6.54 Å². The third kappa shape index (κ3) is 4.16. The van der Waals surface area contributed by atoms with Crippen LogP contribution in [0.4, 0.5) is 8.78 Å². The molecule has 3 aromatic rings. The minimum absolute atomic E-state index is 0.0474. The molecule has 2 aromatic carbocycles. The van der Waals surface area contributed by atoms with Gasteiger partial charge in [0.2, 0.25) is 0 Å². The second-order valence-electron chi connectivity index (χ2n) is 5.62. The number of carbonyl (C=O) groups is 1. The number of halogens is 2. The van der Waals surface area contributed by atoms with Gasteiger partial charge in [-0.3, -0.25) is 4.79 Å². The van der Waals surface area contributed by atoms with E-state index in [-0.39, 0.29) is 17.1 Å². The zero-order chi connectivity index (χ0) is 19.4. The summed E-state index contributed by atoms with van der Waals surface area (Å²) in [6.07, 6.45) is 0. The van der Waals surface area contributed by atoms with Gasteiger partial charge in [-0.1, -0.05) is 11.8 Å². The fraction of sp³-hybridized carbons (Fsp3) is 0.211. The molecule has 0 saturated carbocycles. The number of carbonyl (C=O) groups excluding carboxylic acids is 1. The van der Waals surface area contributed by atoms with Gasteiger partial charge in [0.1, 0.15) is 5.75 Å². The standard InChI is InChI=1S/C19H17F2N3O2S/c1-3-24-18(12-4-7-14(26-2)8-5-12)22-23-19(24)27-11-17(25)13-6-9-15(20)16(21)10-13/h4-10H,3,11H2,1-2H3. The molecule has 0 aliphatic heterocycles. The van der Waals surface area contributed by atoms with E-state index in [1.807, 2.05) is 35.8 Å². The van der Waals surface area contributed by atoms with Gasteiger partial charge in [-0.25, -0.2) is 8.78 Å². The molecule has 0 radical (unpaired) electrons. The molecule has 0 aliphatic rings. The van der Waals surface area contributed by atoms with Crippen LogP contribution in [0.1, 0.15) is 17.3 Å². The number of ether oxygens (including phenoxy) is 1. The van der Waals surface area contributed by atoms with E-state index in [2.05, 4.69) is 10.2 Å². The topological polar surface area (TPSA) is 57.0 Å². The first-order valence-corrected chi connectivity index (χ1v) is 9.20. The summed E-state index contributed by atoms with van der Waals surface area (Å²) < 4.78 is 33.3. The van der Waals surface area contributed by atoms with Crippen LogP contribution >= 0.6 is 11.8 Å². The van der Waals surface area contributed by atoms with Crippen LogP contribution in [-0.4, -0.2) is 33.4 Å². The summed E-state index contributed by atoms with van der Waals surface area (Å²) in [6.45, 7) is 2.58. The first kappa shape index (κ1) is 19.0. The molecule has 0 aliphatic carbocycles. The fourth-order valence-electron chi connectivity index (χ4n) is 2.52. The molecule has 0 spiro atoms. The minimum Gasteiger partial charge on any atom is -0.497 e. The van der Waals surface area contributed by atoms with Crippen molar-refractivity contribution >= 4 is 17.5 Å². The summed E-state index contributed by atoms with van der Waals surface area (Å²) >= 11 is 1.21. The SMILES string of the molecule is CCn1c(SCC(=O)c2ccc(F)c(F)c2)nnc1-c1ccc(OC)cc1. The number of benzene rings is 2. The predicted molar refractivity (Wildman–Crippen MR) is 99.1 cm³/mol. The zero-order valence-corrected chi connectivity index (χ0v) is 15.6. The molecule has 3 rings (SSSR count). The quantitative estimate of drug-likeness (QED) is 0.447. The van der Waals surface area contributed by atoms with Crippen LogP contribution in [0.3, 0.4) is 0 Å². The average molecular weight is 389 g/mol. The monoisotopic (exact) mass is 389 g/mol. The predicted octanol–water partition coefficient (Wildman–Crippen LogP) is 4.23.